The molecule has 96 valence electrons. The lowest BCUT2D eigenvalue weighted by atomic mass is 9.92. The molecule has 0 radical (unpaired) electrons. The maximum absolute atomic E-state index is 11.9. The molecule has 1 heterocycles. The highest BCUT2D eigenvalue weighted by Gasteiger charge is 2.19. The summed E-state index contributed by atoms with van der Waals surface area (Å²) in [6.07, 6.45) is 4.08. The minimum Gasteiger partial charge on any atom is -0.507 e. The van der Waals surface area contributed by atoms with Gasteiger partial charge in [0.15, 0.2) is 5.78 Å². The number of fused-ring (bicyclic) bond motifs is 1. The van der Waals surface area contributed by atoms with E-state index in [9.17, 15) is 9.90 Å². The Bertz CT molecular complexity index is 662. The van der Waals surface area contributed by atoms with Crippen molar-refractivity contribution in [2.75, 3.05) is 0 Å². The number of pyridine rings is 1. The quantitative estimate of drug-likeness (QED) is 0.848. The normalized spacial score (nSPS) is 14.3. The van der Waals surface area contributed by atoms with Gasteiger partial charge >= 0.3 is 0 Å². The minimum atomic E-state index is 0.155. The molecule has 3 heteroatoms. The zero-order chi connectivity index (χ0) is 13.4. The van der Waals surface area contributed by atoms with Gasteiger partial charge in [-0.3, -0.25) is 9.78 Å². The second-order valence-electron chi connectivity index (χ2n) is 5.02. The highest BCUT2D eigenvalue weighted by molar-refractivity contribution is 5.99. The molecule has 0 spiro atoms. The molecule has 0 aliphatic heterocycles. The van der Waals surface area contributed by atoms with Gasteiger partial charge in [0.2, 0.25) is 0 Å². The molecule has 0 amide bonds. The third kappa shape index (κ3) is 2.12. The average molecular weight is 253 g/mol. The Balaban J connectivity index is 2.14. The van der Waals surface area contributed by atoms with Gasteiger partial charge in [0.05, 0.1) is 5.69 Å². The molecule has 0 bridgehead atoms. The van der Waals surface area contributed by atoms with E-state index in [2.05, 4.69) is 4.98 Å². The standard InChI is InChI=1S/C16H15NO2/c1-10-5-6-16(19)12(7-10)11-8-13-14(17-9-11)3-2-4-15(13)18/h5-9,19H,2-4H2,1H3. The number of phenolic OH excluding ortho intramolecular Hbond substituents is 1. The van der Waals surface area contributed by atoms with Crippen LogP contribution in [0.15, 0.2) is 30.5 Å². The molecule has 0 fully saturated rings. The van der Waals surface area contributed by atoms with E-state index in [4.69, 9.17) is 0 Å². The van der Waals surface area contributed by atoms with E-state index in [1.165, 1.54) is 0 Å². The number of aromatic nitrogens is 1. The molecule has 1 N–H and O–H groups in total. The first-order chi connectivity index (χ1) is 9.15. The van der Waals surface area contributed by atoms with Crippen LogP contribution in [0.5, 0.6) is 5.75 Å². The fourth-order valence-electron chi connectivity index (χ4n) is 2.51. The fourth-order valence-corrected chi connectivity index (χ4v) is 2.51. The maximum atomic E-state index is 11.9. The minimum absolute atomic E-state index is 0.155. The van der Waals surface area contributed by atoms with E-state index in [1.807, 2.05) is 25.1 Å². The Morgan fingerprint density at radius 2 is 2.00 bits per heavy atom. The van der Waals surface area contributed by atoms with Crippen LogP contribution in [-0.2, 0) is 6.42 Å². The number of carbonyl (C=O) groups is 1. The Morgan fingerprint density at radius 3 is 2.84 bits per heavy atom. The van der Waals surface area contributed by atoms with Crippen LogP contribution in [0.25, 0.3) is 11.1 Å². The fraction of sp³-hybridized carbons (Fsp3) is 0.250. The summed E-state index contributed by atoms with van der Waals surface area (Å²) in [5, 5.41) is 9.95. The van der Waals surface area contributed by atoms with E-state index in [0.717, 1.165) is 35.2 Å². The predicted molar refractivity (Wildman–Crippen MR) is 73.3 cm³/mol. The molecule has 1 aromatic carbocycles. The summed E-state index contributed by atoms with van der Waals surface area (Å²) in [6.45, 7) is 1.97. The zero-order valence-corrected chi connectivity index (χ0v) is 10.8. The molecule has 1 aromatic heterocycles. The Labute approximate surface area is 111 Å². The lowest BCUT2D eigenvalue weighted by Gasteiger charge is -2.15. The lowest BCUT2D eigenvalue weighted by Crippen LogP contribution is -2.12. The number of Topliss-reactive ketones (excluding diaryl/α,β-unsaturated/α-hetero) is 1. The van der Waals surface area contributed by atoms with Gasteiger partial charge in [-0.05, 0) is 38.0 Å². The second kappa shape index (κ2) is 4.50. The first-order valence-electron chi connectivity index (χ1n) is 6.47. The van der Waals surface area contributed by atoms with Gasteiger partial charge in [-0.15, -0.1) is 0 Å². The summed E-state index contributed by atoms with van der Waals surface area (Å²) in [7, 11) is 0. The second-order valence-corrected chi connectivity index (χ2v) is 5.02. The van der Waals surface area contributed by atoms with Crippen LogP contribution in [0, 0.1) is 6.92 Å². The van der Waals surface area contributed by atoms with Crippen LogP contribution >= 0.6 is 0 Å². The molecular formula is C16H15NO2. The van der Waals surface area contributed by atoms with Crippen molar-refractivity contribution in [1.29, 1.82) is 0 Å². The summed E-state index contributed by atoms with van der Waals surface area (Å²) in [4.78, 5) is 16.3. The van der Waals surface area contributed by atoms with Gasteiger partial charge in [0.1, 0.15) is 5.75 Å². The molecule has 3 nitrogen and oxygen atoms in total. The number of phenols is 1. The molecule has 0 atom stereocenters. The van der Waals surface area contributed by atoms with E-state index in [1.54, 1.807) is 12.3 Å². The highest BCUT2D eigenvalue weighted by atomic mass is 16.3. The number of carbonyl (C=O) groups excluding carboxylic acids is 1. The summed E-state index contributed by atoms with van der Waals surface area (Å²) in [5.41, 5.74) is 4.19. The molecule has 0 saturated heterocycles. The summed E-state index contributed by atoms with van der Waals surface area (Å²) < 4.78 is 0. The Kier molecular flexibility index (Phi) is 2.82. The van der Waals surface area contributed by atoms with Crippen molar-refractivity contribution in [2.24, 2.45) is 0 Å². The van der Waals surface area contributed by atoms with E-state index < -0.39 is 0 Å². The van der Waals surface area contributed by atoms with Crippen LogP contribution < -0.4 is 0 Å². The van der Waals surface area contributed by atoms with E-state index in [-0.39, 0.29) is 11.5 Å². The van der Waals surface area contributed by atoms with Crippen LogP contribution in [0.3, 0.4) is 0 Å². The van der Waals surface area contributed by atoms with Gasteiger partial charge in [-0.2, -0.15) is 0 Å². The summed E-state index contributed by atoms with van der Waals surface area (Å²) in [5.74, 6) is 0.373. The smallest absolute Gasteiger partial charge is 0.164 e. The van der Waals surface area contributed by atoms with Crippen molar-refractivity contribution in [2.45, 2.75) is 26.2 Å². The molecule has 0 saturated carbocycles. The number of aromatic hydroxyl groups is 1. The predicted octanol–water partition coefficient (Wildman–Crippen LogP) is 3.28. The molecule has 2 aromatic rings. The van der Waals surface area contributed by atoms with Crippen LogP contribution in [0.4, 0.5) is 0 Å². The van der Waals surface area contributed by atoms with Crippen molar-refractivity contribution < 1.29 is 9.90 Å². The number of ketones is 1. The molecule has 19 heavy (non-hydrogen) atoms. The van der Waals surface area contributed by atoms with Crippen LogP contribution in [0.2, 0.25) is 0 Å². The number of aryl methyl sites for hydroxylation is 2. The number of hydrogen-bond donors (Lipinski definition) is 1. The Hall–Kier alpha value is -2.16. The van der Waals surface area contributed by atoms with E-state index in [0.29, 0.717) is 12.0 Å². The van der Waals surface area contributed by atoms with Crippen molar-refractivity contribution in [1.82, 2.24) is 4.98 Å². The van der Waals surface area contributed by atoms with Crippen molar-refractivity contribution in [3.05, 3.63) is 47.3 Å². The average Bonchev–Trinajstić information content (AvgIpc) is 2.42. The highest BCUT2D eigenvalue weighted by Crippen LogP contribution is 2.32. The number of hydrogen-bond acceptors (Lipinski definition) is 3. The first kappa shape index (κ1) is 11.9. The zero-order valence-electron chi connectivity index (χ0n) is 10.8. The molecule has 1 aliphatic rings. The summed E-state index contributed by atoms with van der Waals surface area (Å²) in [6, 6.07) is 7.30. The molecule has 1 aliphatic carbocycles. The third-order valence-electron chi connectivity index (χ3n) is 3.55. The largest absolute Gasteiger partial charge is 0.507 e. The van der Waals surface area contributed by atoms with Gasteiger partial charge < -0.3 is 5.11 Å². The Morgan fingerprint density at radius 1 is 1.16 bits per heavy atom. The summed E-state index contributed by atoms with van der Waals surface area (Å²) >= 11 is 0. The van der Waals surface area contributed by atoms with Gasteiger partial charge in [0, 0.05) is 29.3 Å². The number of rotatable bonds is 1. The first-order valence-corrected chi connectivity index (χ1v) is 6.47. The number of benzene rings is 1. The monoisotopic (exact) mass is 253 g/mol. The van der Waals surface area contributed by atoms with Crippen molar-refractivity contribution in [3.8, 4) is 16.9 Å². The van der Waals surface area contributed by atoms with Gasteiger partial charge in [-0.25, -0.2) is 0 Å². The van der Waals surface area contributed by atoms with Gasteiger partial charge in [0.25, 0.3) is 0 Å². The third-order valence-corrected chi connectivity index (χ3v) is 3.55. The van der Waals surface area contributed by atoms with Gasteiger partial charge in [-0.1, -0.05) is 11.6 Å². The number of nitrogens with zero attached hydrogens (tertiary/aromatic N) is 1. The molecular weight excluding hydrogens is 238 g/mol. The van der Waals surface area contributed by atoms with Crippen molar-refractivity contribution in [3.63, 3.8) is 0 Å². The van der Waals surface area contributed by atoms with Crippen LogP contribution in [-0.4, -0.2) is 15.9 Å². The topological polar surface area (TPSA) is 50.2 Å². The molecule has 3 rings (SSSR count). The van der Waals surface area contributed by atoms with Crippen molar-refractivity contribution >= 4 is 5.78 Å². The van der Waals surface area contributed by atoms with E-state index >= 15 is 0 Å². The van der Waals surface area contributed by atoms with Crippen LogP contribution in [0.1, 0.15) is 34.5 Å². The molecule has 0 unspecified atom stereocenters. The SMILES string of the molecule is Cc1ccc(O)c(-c2cnc3c(c2)C(=O)CCC3)c1. The lowest BCUT2D eigenvalue weighted by molar-refractivity contribution is 0.0971. The maximum Gasteiger partial charge on any atom is 0.164 e.